The Bertz CT molecular complexity index is 724. The number of sulfonamides is 1. The highest BCUT2D eigenvalue weighted by atomic mass is 35.5. The summed E-state index contributed by atoms with van der Waals surface area (Å²) in [4.78, 5) is 0. The molecule has 0 fully saturated rings. The Balaban J connectivity index is 1.89. The van der Waals surface area contributed by atoms with Gasteiger partial charge in [-0.1, -0.05) is 35.9 Å². The van der Waals surface area contributed by atoms with Crippen LogP contribution in [0.1, 0.15) is 30.0 Å². The van der Waals surface area contributed by atoms with Gasteiger partial charge >= 0.3 is 0 Å². The van der Waals surface area contributed by atoms with Crippen LogP contribution in [0.3, 0.4) is 0 Å². The van der Waals surface area contributed by atoms with E-state index in [9.17, 15) is 8.42 Å². The number of benzene rings is 1. The highest BCUT2D eigenvalue weighted by molar-refractivity contribution is 7.91. The van der Waals surface area contributed by atoms with Crippen LogP contribution in [0.5, 0.6) is 0 Å². The van der Waals surface area contributed by atoms with E-state index in [4.69, 9.17) is 11.6 Å². The molecule has 1 atom stereocenters. The molecule has 1 aliphatic rings. The van der Waals surface area contributed by atoms with E-state index in [0.717, 1.165) is 36.2 Å². The fourth-order valence-electron chi connectivity index (χ4n) is 2.56. The Kier molecular flexibility index (Phi) is 3.86. The van der Waals surface area contributed by atoms with Crippen molar-refractivity contribution in [1.29, 1.82) is 0 Å². The Morgan fingerprint density at radius 1 is 1.20 bits per heavy atom. The average Bonchev–Trinajstić information content (AvgIpc) is 2.86. The third-order valence-electron chi connectivity index (χ3n) is 3.48. The summed E-state index contributed by atoms with van der Waals surface area (Å²) >= 11 is 6.90. The van der Waals surface area contributed by atoms with Crippen molar-refractivity contribution in [3.8, 4) is 0 Å². The van der Waals surface area contributed by atoms with Crippen molar-refractivity contribution in [3.05, 3.63) is 51.9 Å². The summed E-state index contributed by atoms with van der Waals surface area (Å²) in [6.07, 6.45) is 2.84. The van der Waals surface area contributed by atoms with Gasteiger partial charge in [0.2, 0.25) is 0 Å². The summed E-state index contributed by atoms with van der Waals surface area (Å²) in [7, 11) is -3.50. The van der Waals surface area contributed by atoms with Crippen LogP contribution in [0.4, 0.5) is 0 Å². The highest BCUT2D eigenvalue weighted by Gasteiger charge is 2.26. The van der Waals surface area contributed by atoms with E-state index in [1.54, 1.807) is 12.1 Å². The number of halogens is 1. The molecule has 0 bridgehead atoms. The molecule has 1 heterocycles. The maximum atomic E-state index is 12.4. The number of hydrogen-bond donors (Lipinski definition) is 1. The summed E-state index contributed by atoms with van der Waals surface area (Å²) in [5, 5.41) is 0. The van der Waals surface area contributed by atoms with Crippen LogP contribution in [-0.2, 0) is 16.4 Å². The van der Waals surface area contributed by atoms with Gasteiger partial charge in [0.1, 0.15) is 4.21 Å². The molecule has 6 heteroatoms. The molecule has 2 aromatic rings. The van der Waals surface area contributed by atoms with Crippen LogP contribution >= 0.6 is 22.9 Å². The summed E-state index contributed by atoms with van der Waals surface area (Å²) in [5.41, 5.74) is 2.32. The summed E-state index contributed by atoms with van der Waals surface area (Å²) in [6, 6.07) is 11.0. The van der Waals surface area contributed by atoms with Crippen molar-refractivity contribution in [1.82, 2.24) is 4.72 Å². The van der Waals surface area contributed by atoms with Crippen LogP contribution in [0, 0.1) is 0 Å². The van der Waals surface area contributed by atoms with Gasteiger partial charge in [-0.3, -0.25) is 0 Å². The highest BCUT2D eigenvalue weighted by Crippen LogP contribution is 2.32. The molecule has 0 saturated heterocycles. The normalized spacial score (nSPS) is 18.8. The molecule has 1 unspecified atom stereocenters. The van der Waals surface area contributed by atoms with E-state index in [1.807, 2.05) is 18.2 Å². The number of rotatable bonds is 3. The zero-order valence-corrected chi connectivity index (χ0v) is 13.1. The predicted octanol–water partition coefficient (Wildman–Crippen LogP) is 3.76. The first kappa shape index (κ1) is 14.1. The molecule has 20 heavy (non-hydrogen) atoms. The van der Waals surface area contributed by atoms with Crippen molar-refractivity contribution in [2.45, 2.75) is 29.5 Å². The zero-order valence-electron chi connectivity index (χ0n) is 10.7. The van der Waals surface area contributed by atoms with Gasteiger partial charge < -0.3 is 0 Å². The monoisotopic (exact) mass is 327 g/mol. The molecule has 1 N–H and O–H groups in total. The van der Waals surface area contributed by atoms with Crippen LogP contribution in [0.15, 0.2) is 40.6 Å². The average molecular weight is 328 g/mol. The minimum absolute atomic E-state index is 0.147. The van der Waals surface area contributed by atoms with Gasteiger partial charge in [-0.25, -0.2) is 13.1 Å². The molecule has 3 rings (SSSR count). The number of hydrogen-bond acceptors (Lipinski definition) is 3. The molecule has 1 aromatic carbocycles. The van der Waals surface area contributed by atoms with Gasteiger partial charge in [-0.05, 0) is 42.5 Å². The van der Waals surface area contributed by atoms with E-state index in [0.29, 0.717) is 4.34 Å². The van der Waals surface area contributed by atoms with Gasteiger partial charge in [0.15, 0.2) is 0 Å². The lowest BCUT2D eigenvalue weighted by Crippen LogP contribution is -2.30. The van der Waals surface area contributed by atoms with Crippen molar-refractivity contribution in [3.63, 3.8) is 0 Å². The number of aryl methyl sites for hydroxylation is 1. The Labute approximate surface area is 127 Å². The minimum Gasteiger partial charge on any atom is -0.206 e. The predicted molar refractivity (Wildman–Crippen MR) is 81.8 cm³/mol. The van der Waals surface area contributed by atoms with Crippen molar-refractivity contribution in [2.75, 3.05) is 0 Å². The standard InChI is InChI=1S/C14H14ClNO2S2/c15-13-8-9-14(19-13)20(17,18)16-12-7-3-5-10-4-1-2-6-11(10)12/h1-2,4,6,8-9,12,16H,3,5,7H2. The molecule has 106 valence electrons. The number of nitrogens with one attached hydrogen (secondary N) is 1. The van der Waals surface area contributed by atoms with E-state index >= 15 is 0 Å². The van der Waals surface area contributed by atoms with Gasteiger partial charge in [-0.15, -0.1) is 11.3 Å². The third-order valence-corrected chi connectivity index (χ3v) is 6.67. The molecular formula is C14H14ClNO2S2. The van der Waals surface area contributed by atoms with Gasteiger partial charge in [0, 0.05) is 6.04 Å². The van der Waals surface area contributed by atoms with Gasteiger partial charge in [0.05, 0.1) is 4.34 Å². The molecule has 0 aliphatic heterocycles. The first-order chi connectivity index (χ1) is 9.56. The van der Waals surface area contributed by atoms with Crippen LogP contribution < -0.4 is 4.72 Å². The fraction of sp³-hybridized carbons (Fsp3) is 0.286. The number of thiophene rings is 1. The molecular weight excluding hydrogens is 314 g/mol. The second-order valence-corrected chi connectivity index (χ2v) is 8.48. The lowest BCUT2D eigenvalue weighted by Gasteiger charge is -2.25. The van der Waals surface area contributed by atoms with Gasteiger partial charge in [-0.2, -0.15) is 0 Å². The molecule has 0 amide bonds. The van der Waals surface area contributed by atoms with Crippen LogP contribution in [-0.4, -0.2) is 8.42 Å². The SMILES string of the molecule is O=S(=O)(NC1CCCc2ccccc21)c1ccc(Cl)s1. The second-order valence-electron chi connectivity index (χ2n) is 4.82. The maximum Gasteiger partial charge on any atom is 0.250 e. The molecule has 1 aliphatic carbocycles. The van der Waals surface area contributed by atoms with Crippen molar-refractivity contribution < 1.29 is 8.42 Å². The van der Waals surface area contributed by atoms with Crippen molar-refractivity contribution in [2.24, 2.45) is 0 Å². The summed E-state index contributed by atoms with van der Waals surface area (Å²) in [5.74, 6) is 0. The summed E-state index contributed by atoms with van der Waals surface area (Å²) in [6.45, 7) is 0. The van der Waals surface area contributed by atoms with E-state index < -0.39 is 10.0 Å². The van der Waals surface area contributed by atoms with Crippen LogP contribution in [0.25, 0.3) is 0 Å². The Hall–Kier alpha value is -0.880. The van der Waals surface area contributed by atoms with E-state index in [-0.39, 0.29) is 10.3 Å². The maximum absolute atomic E-state index is 12.4. The van der Waals surface area contributed by atoms with E-state index in [2.05, 4.69) is 10.8 Å². The van der Waals surface area contributed by atoms with Crippen molar-refractivity contribution >= 4 is 33.0 Å². The molecule has 3 nitrogen and oxygen atoms in total. The second kappa shape index (κ2) is 5.48. The Morgan fingerprint density at radius 3 is 2.75 bits per heavy atom. The smallest absolute Gasteiger partial charge is 0.206 e. The Morgan fingerprint density at radius 2 is 2.00 bits per heavy atom. The fourth-order valence-corrected chi connectivity index (χ4v) is 5.31. The molecule has 1 aromatic heterocycles. The lowest BCUT2D eigenvalue weighted by atomic mass is 9.88. The number of fused-ring (bicyclic) bond motifs is 1. The van der Waals surface area contributed by atoms with Crippen LogP contribution in [0.2, 0.25) is 4.34 Å². The quantitative estimate of drug-likeness (QED) is 0.933. The molecule has 0 saturated carbocycles. The topological polar surface area (TPSA) is 46.2 Å². The summed E-state index contributed by atoms with van der Waals surface area (Å²) < 4.78 is 28.3. The third kappa shape index (κ3) is 2.76. The van der Waals surface area contributed by atoms with Gasteiger partial charge in [0.25, 0.3) is 10.0 Å². The first-order valence-electron chi connectivity index (χ1n) is 6.42. The largest absolute Gasteiger partial charge is 0.250 e. The lowest BCUT2D eigenvalue weighted by molar-refractivity contribution is 0.508. The first-order valence-corrected chi connectivity index (χ1v) is 9.09. The minimum atomic E-state index is -3.50. The van der Waals surface area contributed by atoms with E-state index in [1.165, 1.54) is 5.56 Å². The molecule has 0 radical (unpaired) electrons. The molecule has 0 spiro atoms. The zero-order chi connectivity index (χ0) is 14.2.